The molecule has 1 atom stereocenters. The molecule has 0 N–H and O–H groups in total. The Morgan fingerprint density at radius 3 is 2.59 bits per heavy atom. The van der Waals surface area contributed by atoms with E-state index in [1.807, 2.05) is 6.92 Å². The van der Waals surface area contributed by atoms with Gasteiger partial charge in [0.2, 0.25) is 5.89 Å². The van der Waals surface area contributed by atoms with Gasteiger partial charge in [-0.3, -0.25) is 9.09 Å². The predicted octanol–water partition coefficient (Wildman–Crippen LogP) is 2.73. The zero-order valence-electron chi connectivity index (χ0n) is 15.4. The summed E-state index contributed by atoms with van der Waals surface area (Å²) in [6.07, 6.45) is -0.0104. The van der Waals surface area contributed by atoms with Crippen molar-refractivity contribution in [3.8, 4) is 0 Å². The molecule has 2 aromatic heterocycles. The minimum atomic E-state index is -0.629. The van der Waals surface area contributed by atoms with E-state index in [1.165, 1.54) is 16.7 Å². The Hall–Kier alpha value is -2.81. The highest BCUT2D eigenvalue weighted by Gasteiger charge is 2.18. The summed E-state index contributed by atoms with van der Waals surface area (Å²) >= 11 is 0. The zero-order chi connectivity index (χ0) is 19.4. The number of benzene rings is 1. The van der Waals surface area contributed by atoms with Gasteiger partial charge < -0.3 is 9.26 Å². The summed E-state index contributed by atoms with van der Waals surface area (Å²) < 4.78 is 30.0. The van der Waals surface area contributed by atoms with Crippen LogP contribution in [0.4, 0.5) is 4.39 Å². The Morgan fingerprint density at radius 1 is 1.15 bits per heavy atom. The molecule has 0 spiro atoms. The Kier molecular flexibility index (Phi) is 5.80. The lowest BCUT2D eigenvalue weighted by atomic mass is 10.1. The molecule has 0 aliphatic rings. The molecule has 0 fully saturated rings. The third kappa shape index (κ3) is 4.88. The fourth-order valence-electron chi connectivity index (χ4n) is 2.41. The lowest BCUT2D eigenvalue weighted by Gasteiger charge is -2.10. The smallest absolute Gasteiger partial charge is 0.370 e. The number of nitrogens with zero attached hydrogens (tertiary/aromatic N) is 4. The Balaban J connectivity index is 1.72. The minimum Gasteiger partial charge on any atom is -0.370 e. The summed E-state index contributed by atoms with van der Waals surface area (Å²) in [5, 5.41) is 7.70. The molecule has 0 saturated carbocycles. The van der Waals surface area contributed by atoms with Crippen LogP contribution in [0.2, 0.25) is 0 Å². The van der Waals surface area contributed by atoms with Gasteiger partial charge in [0.1, 0.15) is 18.5 Å². The normalized spacial score (nSPS) is 12.6. The molecule has 2 heterocycles. The van der Waals surface area contributed by atoms with E-state index in [0.29, 0.717) is 30.6 Å². The van der Waals surface area contributed by atoms with Gasteiger partial charge in [0, 0.05) is 13.0 Å². The quantitative estimate of drug-likeness (QED) is 0.596. The summed E-state index contributed by atoms with van der Waals surface area (Å²) in [6, 6.07) is 5.94. The fourth-order valence-corrected chi connectivity index (χ4v) is 2.41. The highest BCUT2D eigenvalue weighted by atomic mass is 19.1. The molecule has 0 aliphatic heterocycles. The van der Waals surface area contributed by atoms with Crippen LogP contribution in [-0.2, 0) is 17.7 Å². The number of rotatable bonds is 8. The van der Waals surface area contributed by atoms with Crippen molar-refractivity contribution in [1.82, 2.24) is 19.9 Å². The molecule has 3 aromatic rings. The topological polar surface area (TPSA) is 96.2 Å². The van der Waals surface area contributed by atoms with E-state index in [4.69, 9.17) is 13.8 Å². The average molecular weight is 376 g/mol. The van der Waals surface area contributed by atoms with Crippen molar-refractivity contribution in [1.29, 1.82) is 0 Å². The first kappa shape index (κ1) is 19.0. The van der Waals surface area contributed by atoms with Crippen LogP contribution in [0, 0.1) is 11.7 Å². The molecule has 0 aliphatic carbocycles. The maximum absolute atomic E-state index is 13.0. The number of halogens is 1. The highest BCUT2D eigenvalue weighted by molar-refractivity contribution is 5.19. The van der Waals surface area contributed by atoms with Crippen LogP contribution in [0.15, 0.2) is 38.1 Å². The Labute approximate surface area is 154 Å². The zero-order valence-corrected chi connectivity index (χ0v) is 15.4. The van der Waals surface area contributed by atoms with Gasteiger partial charge in [0.25, 0.3) is 0 Å². The molecular weight excluding hydrogens is 355 g/mol. The van der Waals surface area contributed by atoms with E-state index < -0.39 is 5.76 Å². The molecule has 8 nitrogen and oxygen atoms in total. The van der Waals surface area contributed by atoms with E-state index in [1.54, 1.807) is 12.1 Å². The van der Waals surface area contributed by atoms with E-state index in [9.17, 15) is 9.18 Å². The van der Waals surface area contributed by atoms with Crippen molar-refractivity contribution < 1.29 is 18.2 Å². The van der Waals surface area contributed by atoms with Crippen LogP contribution in [0.3, 0.4) is 0 Å². The molecule has 3 rings (SSSR count). The van der Waals surface area contributed by atoms with Crippen LogP contribution in [0.1, 0.15) is 50.0 Å². The first-order chi connectivity index (χ1) is 12.9. The van der Waals surface area contributed by atoms with Crippen LogP contribution in [0.5, 0.6) is 0 Å². The molecular formula is C18H21FN4O4. The van der Waals surface area contributed by atoms with E-state index in [0.717, 1.165) is 5.56 Å². The van der Waals surface area contributed by atoms with Crippen molar-refractivity contribution in [3.05, 3.63) is 63.7 Å². The molecule has 0 amide bonds. The minimum absolute atomic E-state index is 0.0305. The summed E-state index contributed by atoms with van der Waals surface area (Å²) in [7, 11) is 0. The predicted molar refractivity (Wildman–Crippen MR) is 92.6 cm³/mol. The third-order valence-corrected chi connectivity index (χ3v) is 3.86. The molecule has 0 radical (unpaired) electrons. The summed E-state index contributed by atoms with van der Waals surface area (Å²) in [5.74, 6) is 0.476. The number of aromatic nitrogens is 4. The van der Waals surface area contributed by atoms with Gasteiger partial charge in [-0.2, -0.15) is 4.98 Å². The van der Waals surface area contributed by atoms with Gasteiger partial charge >= 0.3 is 5.76 Å². The monoisotopic (exact) mass is 376 g/mol. The van der Waals surface area contributed by atoms with Crippen LogP contribution in [-0.4, -0.2) is 26.5 Å². The highest BCUT2D eigenvalue weighted by Crippen LogP contribution is 2.15. The molecule has 1 unspecified atom stereocenters. The lowest BCUT2D eigenvalue weighted by Crippen LogP contribution is -2.18. The Morgan fingerprint density at radius 2 is 1.89 bits per heavy atom. The van der Waals surface area contributed by atoms with Gasteiger partial charge in [-0.05, 0) is 30.5 Å². The van der Waals surface area contributed by atoms with E-state index in [2.05, 4.69) is 29.1 Å². The standard InChI is InChI=1S/C18H21FN4O4/c1-11(2)10-25-12(3)17-20-16(26-22-17)9-23-15(21-27-18(23)24)8-13-4-6-14(19)7-5-13/h4-7,11-12H,8-10H2,1-3H3. The van der Waals surface area contributed by atoms with Crippen LogP contribution in [0.25, 0.3) is 0 Å². The van der Waals surface area contributed by atoms with Gasteiger partial charge in [0.05, 0.1) is 0 Å². The van der Waals surface area contributed by atoms with Crippen molar-refractivity contribution in [2.45, 2.75) is 39.8 Å². The summed E-state index contributed by atoms with van der Waals surface area (Å²) in [4.78, 5) is 16.2. The fraction of sp³-hybridized carbons (Fsp3) is 0.444. The van der Waals surface area contributed by atoms with Crippen molar-refractivity contribution in [3.63, 3.8) is 0 Å². The third-order valence-electron chi connectivity index (χ3n) is 3.86. The molecule has 27 heavy (non-hydrogen) atoms. The summed E-state index contributed by atoms with van der Waals surface area (Å²) in [5.41, 5.74) is 0.792. The van der Waals surface area contributed by atoms with Crippen molar-refractivity contribution >= 4 is 0 Å². The average Bonchev–Trinajstić information content (AvgIpc) is 3.24. The molecule has 144 valence electrons. The maximum Gasteiger partial charge on any atom is 0.442 e. The molecule has 1 aromatic carbocycles. The first-order valence-electron chi connectivity index (χ1n) is 8.66. The second-order valence-corrected chi connectivity index (χ2v) is 6.67. The van der Waals surface area contributed by atoms with Gasteiger partial charge in [-0.25, -0.2) is 9.18 Å². The lowest BCUT2D eigenvalue weighted by molar-refractivity contribution is 0.0402. The van der Waals surface area contributed by atoms with Gasteiger partial charge in [-0.1, -0.05) is 36.3 Å². The summed E-state index contributed by atoms with van der Waals surface area (Å²) in [6.45, 7) is 6.55. The number of hydrogen-bond donors (Lipinski definition) is 0. The van der Waals surface area contributed by atoms with Crippen LogP contribution < -0.4 is 5.76 Å². The molecule has 0 saturated heterocycles. The maximum atomic E-state index is 13.0. The van der Waals surface area contributed by atoms with E-state index >= 15 is 0 Å². The van der Waals surface area contributed by atoms with E-state index in [-0.39, 0.29) is 24.4 Å². The molecule has 0 bridgehead atoms. The van der Waals surface area contributed by atoms with Gasteiger partial charge in [-0.15, -0.1) is 0 Å². The van der Waals surface area contributed by atoms with Crippen LogP contribution >= 0.6 is 0 Å². The number of hydrogen-bond acceptors (Lipinski definition) is 7. The van der Waals surface area contributed by atoms with Crippen molar-refractivity contribution in [2.75, 3.05) is 6.61 Å². The first-order valence-corrected chi connectivity index (χ1v) is 8.66. The van der Waals surface area contributed by atoms with Crippen molar-refractivity contribution in [2.24, 2.45) is 5.92 Å². The second kappa shape index (κ2) is 8.26. The van der Waals surface area contributed by atoms with Gasteiger partial charge in [0.15, 0.2) is 11.6 Å². The molecule has 9 heteroatoms. The second-order valence-electron chi connectivity index (χ2n) is 6.67. The SMILES string of the molecule is CC(C)COC(C)c1noc(Cn2c(Cc3ccc(F)cc3)noc2=O)n1. The Bertz CT molecular complexity index is 929. The largest absolute Gasteiger partial charge is 0.442 e. The number of ether oxygens (including phenoxy) is 1.